The Hall–Kier alpha value is -3.41. The highest BCUT2D eigenvalue weighted by Gasteiger charge is 2.27. The first-order chi connectivity index (χ1) is 13.5. The summed E-state index contributed by atoms with van der Waals surface area (Å²) in [5, 5.41) is 10.2. The lowest BCUT2D eigenvalue weighted by Crippen LogP contribution is -2.37. The van der Waals surface area contributed by atoms with Crippen molar-refractivity contribution in [3.63, 3.8) is 0 Å². The molecule has 0 spiro atoms. The number of phenolic OH excluding ortho intramolecular Hbond substituents is 1. The molecular formula is C22H22N4O2. The highest BCUT2D eigenvalue weighted by molar-refractivity contribution is 5.94. The number of anilines is 1. The predicted molar refractivity (Wildman–Crippen MR) is 108 cm³/mol. The lowest BCUT2D eigenvalue weighted by molar-refractivity contribution is 0.0732. The summed E-state index contributed by atoms with van der Waals surface area (Å²) in [7, 11) is 3.89. The van der Waals surface area contributed by atoms with Crippen LogP contribution in [0.4, 0.5) is 5.82 Å². The fourth-order valence-corrected chi connectivity index (χ4v) is 3.50. The van der Waals surface area contributed by atoms with Gasteiger partial charge in [0.1, 0.15) is 11.6 Å². The van der Waals surface area contributed by atoms with Crippen molar-refractivity contribution in [2.45, 2.75) is 13.0 Å². The highest BCUT2D eigenvalue weighted by Crippen LogP contribution is 2.32. The van der Waals surface area contributed by atoms with Crippen LogP contribution < -0.4 is 4.90 Å². The summed E-state index contributed by atoms with van der Waals surface area (Å²) in [6.45, 7) is 1.05. The molecule has 1 N–H and O–H groups in total. The van der Waals surface area contributed by atoms with Gasteiger partial charge in [0.05, 0.1) is 17.8 Å². The standard InChI is InChI=1S/C22H22N4O2/c1-25(2)21-16-12-13-26(22(28)15-8-4-3-5-9-15)14-18(16)23-20(24-21)17-10-6-7-11-19(17)27/h3-11,27H,12-14H2,1-2H3. The molecule has 142 valence electrons. The molecule has 1 aliphatic heterocycles. The van der Waals surface area contributed by atoms with Gasteiger partial charge in [-0.15, -0.1) is 0 Å². The van der Waals surface area contributed by atoms with E-state index in [-0.39, 0.29) is 11.7 Å². The molecule has 2 aromatic carbocycles. The molecule has 28 heavy (non-hydrogen) atoms. The second-order valence-corrected chi connectivity index (χ2v) is 7.05. The van der Waals surface area contributed by atoms with Gasteiger partial charge in [-0.3, -0.25) is 4.79 Å². The summed E-state index contributed by atoms with van der Waals surface area (Å²) in [5.74, 6) is 1.44. The van der Waals surface area contributed by atoms with Crippen molar-refractivity contribution in [1.29, 1.82) is 0 Å². The van der Waals surface area contributed by atoms with Gasteiger partial charge in [0.25, 0.3) is 5.91 Å². The SMILES string of the molecule is CN(C)c1nc(-c2ccccc2O)nc2c1CCN(C(=O)c1ccccc1)C2. The second-order valence-electron chi connectivity index (χ2n) is 7.05. The maximum atomic E-state index is 12.9. The van der Waals surface area contributed by atoms with E-state index in [9.17, 15) is 9.90 Å². The number of amides is 1. The third-order valence-electron chi connectivity index (χ3n) is 4.92. The largest absolute Gasteiger partial charge is 0.507 e. The van der Waals surface area contributed by atoms with E-state index in [4.69, 9.17) is 9.97 Å². The number of phenols is 1. The molecule has 1 amide bonds. The van der Waals surface area contributed by atoms with E-state index in [0.29, 0.717) is 36.5 Å². The van der Waals surface area contributed by atoms with Gasteiger partial charge >= 0.3 is 0 Å². The first-order valence-corrected chi connectivity index (χ1v) is 9.24. The van der Waals surface area contributed by atoms with Crippen LogP contribution >= 0.6 is 0 Å². The third kappa shape index (κ3) is 3.29. The number of hydrogen-bond acceptors (Lipinski definition) is 5. The lowest BCUT2D eigenvalue weighted by atomic mass is 10.0. The molecule has 0 bridgehead atoms. The minimum absolute atomic E-state index is 0.000346. The van der Waals surface area contributed by atoms with Crippen LogP contribution in [0, 0.1) is 0 Å². The maximum Gasteiger partial charge on any atom is 0.254 e. The van der Waals surface area contributed by atoms with Crippen LogP contribution in [0.2, 0.25) is 0 Å². The Bertz CT molecular complexity index is 1020. The van der Waals surface area contributed by atoms with Crippen LogP contribution in [-0.2, 0) is 13.0 Å². The van der Waals surface area contributed by atoms with Gasteiger partial charge in [0.15, 0.2) is 5.82 Å². The monoisotopic (exact) mass is 374 g/mol. The summed E-state index contributed by atoms with van der Waals surface area (Å²) >= 11 is 0. The predicted octanol–water partition coefficient (Wildman–Crippen LogP) is 3.11. The summed E-state index contributed by atoms with van der Waals surface area (Å²) in [5.41, 5.74) is 3.14. The molecule has 2 heterocycles. The van der Waals surface area contributed by atoms with Gasteiger partial charge in [-0.2, -0.15) is 0 Å². The molecule has 0 radical (unpaired) electrons. The van der Waals surface area contributed by atoms with Gasteiger partial charge in [0, 0.05) is 31.8 Å². The average Bonchev–Trinajstić information content (AvgIpc) is 2.73. The van der Waals surface area contributed by atoms with Crippen molar-refractivity contribution in [1.82, 2.24) is 14.9 Å². The fourth-order valence-electron chi connectivity index (χ4n) is 3.50. The van der Waals surface area contributed by atoms with Crippen molar-refractivity contribution < 1.29 is 9.90 Å². The van der Waals surface area contributed by atoms with E-state index >= 15 is 0 Å². The summed E-state index contributed by atoms with van der Waals surface area (Å²) in [6.07, 6.45) is 0.697. The number of carbonyl (C=O) groups excluding carboxylic acids is 1. The number of benzene rings is 2. The molecule has 1 aliphatic rings. The van der Waals surface area contributed by atoms with Crippen molar-refractivity contribution in [3.05, 3.63) is 71.4 Å². The van der Waals surface area contributed by atoms with Crippen LogP contribution in [0.15, 0.2) is 54.6 Å². The molecule has 0 aliphatic carbocycles. The molecule has 0 saturated heterocycles. The average molecular weight is 374 g/mol. The number of para-hydroxylation sites is 1. The molecule has 6 nitrogen and oxygen atoms in total. The number of nitrogens with zero attached hydrogens (tertiary/aromatic N) is 4. The smallest absolute Gasteiger partial charge is 0.254 e. The Labute approximate surface area is 164 Å². The number of rotatable bonds is 3. The van der Waals surface area contributed by atoms with Crippen LogP contribution in [-0.4, -0.2) is 46.5 Å². The third-order valence-corrected chi connectivity index (χ3v) is 4.92. The van der Waals surface area contributed by atoms with E-state index in [1.165, 1.54) is 0 Å². The Morgan fingerprint density at radius 2 is 1.75 bits per heavy atom. The zero-order valence-corrected chi connectivity index (χ0v) is 16.0. The van der Waals surface area contributed by atoms with Crippen molar-refractivity contribution in [2.75, 3.05) is 25.5 Å². The normalized spacial score (nSPS) is 13.1. The number of aromatic hydroxyl groups is 1. The Morgan fingerprint density at radius 3 is 2.46 bits per heavy atom. The van der Waals surface area contributed by atoms with Gasteiger partial charge in [-0.05, 0) is 30.7 Å². The van der Waals surface area contributed by atoms with E-state index in [1.54, 1.807) is 18.2 Å². The zero-order valence-electron chi connectivity index (χ0n) is 16.0. The highest BCUT2D eigenvalue weighted by atomic mass is 16.3. The fraction of sp³-hybridized carbons (Fsp3) is 0.227. The second kappa shape index (κ2) is 7.31. The molecule has 1 aromatic heterocycles. The van der Waals surface area contributed by atoms with Crippen LogP contribution in [0.3, 0.4) is 0 Å². The van der Waals surface area contributed by atoms with Gasteiger partial charge in [0.2, 0.25) is 0 Å². The van der Waals surface area contributed by atoms with Crippen LogP contribution in [0.5, 0.6) is 5.75 Å². The topological polar surface area (TPSA) is 69.6 Å². The zero-order chi connectivity index (χ0) is 19.7. The molecule has 0 unspecified atom stereocenters. The summed E-state index contributed by atoms with van der Waals surface area (Å²) in [4.78, 5) is 26.1. The van der Waals surface area contributed by atoms with Gasteiger partial charge in [-0.25, -0.2) is 9.97 Å². The van der Waals surface area contributed by atoms with Crippen molar-refractivity contribution in [3.8, 4) is 17.1 Å². The Kier molecular flexibility index (Phi) is 4.69. The van der Waals surface area contributed by atoms with Crippen molar-refractivity contribution >= 4 is 11.7 Å². The lowest BCUT2D eigenvalue weighted by Gasteiger charge is -2.30. The van der Waals surface area contributed by atoms with E-state index < -0.39 is 0 Å². The van der Waals surface area contributed by atoms with Gasteiger partial charge in [-0.1, -0.05) is 30.3 Å². The molecule has 4 rings (SSSR count). The molecule has 6 heteroatoms. The maximum absolute atomic E-state index is 12.9. The Morgan fingerprint density at radius 1 is 1.04 bits per heavy atom. The van der Waals surface area contributed by atoms with E-state index in [0.717, 1.165) is 17.1 Å². The number of aromatic nitrogens is 2. The minimum Gasteiger partial charge on any atom is -0.507 e. The molecule has 0 atom stereocenters. The van der Waals surface area contributed by atoms with E-state index in [2.05, 4.69) is 0 Å². The molecule has 0 saturated carbocycles. The number of carbonyl (C=O) groups is 1. The first kappa shape index (κ1) is 18.0. The van der Waals surface area contributed by atoms with E-state index in [1.807, 2.05) is 60.3 Å². The quantitative estimate of drug-likeness (QED) is 0.763. The van der Waals surface area contributed by atoms with Crippen LogP contribution in [0.1, 0.15) is 21.6 Å². The summed E-state index contributed by atoms with van der Waals surface area (Å²) in [6, 6.07) is 16.3. The molecule has 3 aromatic rings. The summed E-state index contributed by atoms with van der Waals surface area (Å²) < 4.78 is 0. The first-order valence-electron chi connectivity index (χ1n) is 9.24. The Balaban J connectivity index is 1.74. The molecular weight excluding hydrogens is 352 g/mol. The number of fused-ring (bicyclic) bond motifs is 1. The molecule has 0 fully saturated rings. The van der Waals surface area contributed by atoms with Crippen molar-refractivity contribution in [2.24, 2.45) is 0 Å². The minimum atomic E-state index is 0.000346. The number of hydrogen-bond donors (Lipinski definition) is 1. The van der Waals surface area contributed by atoms with Gasteiger partial charge < -0.3 is 14.9 Å². The van der Waals surface area contributed by atoms with Crippen LogP contribution in [0.25, 0.3) is 11.4 Å².